The molecule has 0 atom stereocenters. The van der Waals surface area contributed by atoms with Crippen LogP contribution in [-0.4, -0.2) is 25.9 Å². The molecular formula is C24H26ClNO5. The highest BCUT2D eigenvalue weighted by Crippen LogP contribution is 2.40. The van der Waals surface area contributed by atoms with E-state index < -0.39 is 0 Å². The molecule has 1 aliphatic heterocycles. The first-order valence-corrected chi connectivity index (χ1v) is 10.8. The average Bonchev–Trinajstić information content (AvgIpc) is 2.78. The van der Waals surface area contributed by atoms with Crippen LogP contribution in [-0.2, 0) is 19.5 Å². The second-order valence-electron chi connectivity index (χ2n) is 7.68. The van der Waals surface area contributed by atoms with Gasteiger partial charge in [0.15, 0.2) is 0 Å². The number of fused-ring (bicyclic) bond motifs is 3. The van der Waals surface area contributed by atoms with E-state index in [1.54, 1.807) is 20.3 Å². The lowest BCUT2D eigenvalue weighted by atomic mass is 10.0. The number of benzene rings is 2. The second kappa shape index (κ2) is 9.20. The van der Waals surface area contributed by atoms with Crippen LogP contribution in [0.1, 0.15) is 36.5 Å². The molecule has 6 nitrogen and oxygen atoms in total. The lowest BCUT2D eigenvalue weighted by molar-refractivity contribution is 0.0883. The molecule has 0 amide bonds. The number of halogens is 1. The van der Waals surface area contributed by atoms with Crippen LogP contribution in [0, 0.1) is 0 Å². The molecule has 0 radical (unpaired) electrons. The van der Waals surface area contributed by atoms with Crippen molar-refractivity contribution in [2.24, 2.45) is 0 Å². The quantitative estimate of drug-likeness (QED) is 0.470. The molecule has 1 aromatic heterocycles. The van der Waals surface area contributed by atoms with Crippen LogP contribution < -0.4 is 19.8 Å². The minimum Gasteiger partial charge on any atom is -0.497 e. The molecule has 7 heteroatoms. The maximum atomic E-state index is 12.3. The number of ether oxygens (including phenoxy) is 3. The monoisotopic (exact) mass is 443 g/mol. The first kappa shape index (κ1) is 21.5. The third kappa shape index (κ3) is 4.36. The van der Waals surface area contributed by atoms with Crippen molar-refractivity contribution in [3.05, 3.63) is 62.5 Å². The van der Waals surface area contributed by atoms with Crippen molar-refractivity contribution < 1.29 is 18.6 Å². The minimum absolute atomic E-state index is 0.350. The summed E-state index contributed by atoms with van der Waals surface area (Å²) in [5, 5.41) is 1.42. The zero-order chi connectivity index (χ0) is 22.0. The largest absolute Gasteiger partial charge is 0.497 e. The zero-order valence-corrected chi connectivity index (χ0v) is 18.8. The summed E-state index contributed by atoms with van der Waals surface area (Å²) in [7, 11) is 3.27. The Bertz CT molecular complexity index is 1160. The topological polar surface area (TPSA) is 61.1 Å². The van der Waals surface area contributed by atoms with Gasteiger partial charge < -0.3 is 18.6 Å². The average molecular weight is 444 g/mol. The summed E-state index contributed by atoms with van der Waals surface area (Å²) in [4.78, 5) is 14.4. The summed E-state index contributed by atoms with van der Waals surface area (Å²) in [5.41, 5.74) is 2.98. The van der Waals surface area contributed by atoms with Gasteiger partial charge in [-0.05, 0) is 30.5 Å². The van der Waals surface area contributed by atoms with Crippen LogP contribution in [0.5, 0.6) is 17.2 Å². The van der Waals surface area contributed by atoms with Gasteiger partial charge in [-0.2, -0.15) is 0 Å². The zero-order valence-electron chi connectivity index (χ0n) is 18.0. The Morgan fingerprint density at radius 1 is 1.13 bits per heavy atom. The number of nitrogens with zero attached hydrogens (tertiary/aromatic N) is 1. The van der Waals surface area contributed by atoms with E-state index in [0.717, 1.165) is 52.8 Å². The number of unbranched alkanes of at least 4 members (excludes halogenated alkanes) is 1. The van der Waals surface area contributed by atoms with Gasteiger partial charge in [-0.1, -0.05) is 31.0 Å². The van der Waals surface area contributed by atoms with E-state index >= 15 is 0 Å². The Hall–Kier alpha value is -2.70. The highest BCUT2D eigenvalue weighted by molar-refractivity contribution is 6.33. The maximum absolute atomic E-state index is 12.3. The van der Waals surface area contributed by atoms with Crippen molar-refractivity contribution in [3.63, 3.8) is 0 Å². The first-order chi connectivity index (χ1) is 15.0. The van der Waals surface area contributed by atoms with E-state index in [1.807, 2.05) is 24.3 Å². The molecule has 0 saturated heterocycles. The van der Waals surface area contributed by atoms with Crippen molar-refractivity contribution in [3.8, 4) is 17.2 Å². The standard InChI is InChI=1S/C24H26ClNO5/c1-4-5-6-15-9-22(27)31-23-18(15)11-20(25)24-19(23)13-26(14-30-24)12-16-7-8-17(28-2)10-21(16)29-3/h7-11H,4-6,12-14H2,1-3H3. The fraction of sp³-hybridized carbons (Fsp3) is 0.375. The normalized spacial score (nSPS) is 13.7. The SMILES string of the molecule is CCCCc1cc(=O)oc2c3c(c(Cl)cc12)OCN(Cc1ccc(OC)cc1OC)C3. The molecule has 0 N–H and O–H groups in total. The molecule has 0 bridgehead atoms. The minimum atomic E-state index is -0.350. The Kier molecular flexibility index (Phi) is 6.39. The summed E-state index contributed by atoms with van der Waals surface area (Å²) >= 11 is 6.56. The summed E-state index contributed by atoms with van der Waals surface area (Å²) in [6.45, 7) is 3.64. The highest BCUT2D eigenvalue weighted by Gasteiger charge is 2.26. The van der Waals surface area contributed by atoms with Crippen LogP contribution >= 0.6 is 11.6 Å². The summed E-state index contributed by atoms with van der Waals surface area (Å²) in [6, 6.07) is 9.17. The van der Waals surface area contributed by atoms with Gasteiger partial charge >= 0.3 is 5.63 Å². The van der Waals surface area contributed by atoms with Gasteiger partial charge in [0.2, 0.25) is 0 Å². The lowest BCUT2D eigenvalue weighted by Gasteiger charge is -2.30. The summed E-state index contributed by atoms with van der Waals surface area (Å²) in [5.74, 6) is 2.07. The Morgan fingerprint density at radius 2 is 1.97 bits per heavy atom. The van der Waals surface area contributed by atoms with E-state index in [4.69, 9.17) is 30.2 Å². The van der Waals surface area contributed by atoms with E-state index in [9.17, 15) is 4.79 Å². The molecule has 0 aliphatic carbocycles. The number of aryl methyl sites for hydroxylation is 1. The van der Waals surface area contributed by atoms with Gasteiger partial charge in [0, 0.05) is 36.2 Å². The highest BCUT2D eigenvalue weighted by atomic mass is 35.5. The summed E-state index contributed by atoms with van der Waals surface area (Å²) < 4.78 is 22.5. The molecule has 0 fully saturated rings. The molecule has 4 rings (SSSR count). The van der Waals surface area contributed by atoms with Gasteiger partial charge in [-0.25, -0.2) is 4.79 Å². The number of hydrogen-bond donors (Lipinski definition) is 0. The predicted molar refractivity (Wildman–Crippen MR) is 120 cm³/mol. The Morgan fingerprint density at radius 3 is 2.71 bits per heavy atom. The predicted octanol–water partition coefficient (Wildman–Crippen LogP) is 5.16. The van der Waals surface area contributed by atoms with Crippen LogP contribution in [0.4, 0.5) is 0 Å². The fourth-order valence-corrected chi connectivity index (χ4v) is 4.27. The molecule has 0 unspecified atom stereocenters. The smallest absolute Gasteiger partial charge is 0.336 e. The van der Waals surface area contributed by atoms with Crippen LogP contribution in [0.25, 0.3) is 11.0 Å². The summed E-state index contributed by atoms with van der Waals surface area (Å²) in [6.07, 6.45) is 2.84. The van der Waals surface area contributed by atoms with Crippen molar-refractivity contribution in [1.82, 2.24) is 4.90 Å². The molecule has 1 aliphatic rings. The van der Waals surface area contributed by atoms with Crippen LogP contribution in [0.15, 0.2) is 39.5 Å². The third-order valence-electron chi connectivity index (χ3n) is 5.58. The van der Waals surface area contributed by atoms with Crippen LogP contribution in [0.3, 0.4) is 0 Å². The van der Waals surface area contributed by atoms with Gasteiger partial charge in [0.05, 0.1) is 24.8 Å². The van der Waals surface area contributed by atoms with Gasteiger partial charge in [0.25, 0.3) is 0 Å². The van der Waals surface area contributed by atoms with Gasteiger partial charge in [-0.15, -0.1) is 0 Å². The Labute approximate surface area is 186 Å². The molecule has 31 heavy (non-hydrogen) atoms. The number of rotatable bonds is 7. The third-order valence-corrected chi connectivity index (χ3v) is 5.86. The first-order valence-electron chi connectivity index (χ1n) is 10.4. The van der Waals surface area contributed by atoms with Gasteiger partial charge in [-0.3, -0.25) is 4.90 Å². The van der Waals surface area contributed by atoms with E-state index in [-0.39, 0.29) is 5.63 Å². The molecule has 2 aromatic carbocycles. The number of hydrogen-bond acceptors (Lipinski definition) is 6. The lowest BCUT2D eigenvalue weighted by Crippen LogP contribution is -2.32. The maximum Gasteiger partial charge on any atom is 0.336 e. The molecular weight excluding hydrogens is 418 g/mol. The number of methoxy groups -OCH3 is 2. The molecule has 0 spiro atoms. The van der Waals surface area contributed by atoms with E-state index in [2.05, 4.69) is 11.8 Å². The van der Waals surface area contributed by atoms with Crippen molar-refractivity contribution in [1.29, 1.82) is 0 Å². The van der Waals surface area contributed by atoms with E-state index in [0.29, 0.717) is 36.2 Å². The van der Waals surface area contributed by atoms with Crippen LogP contribution in [0.2, 0.25) is 5.02 Å². The molecule has 164 valence electrons. The van der Waals surface area contributed by atoms with Crippen molar-refractivity contribution >= 4 is 22.6 Å². The van der Waals surface area contributed by atoms with Gasteiger partial charge in [0.1, 0.15) is 29.6 Å². The molecule has 3 aromatic rings. The molecule has 2 heterocycles. The van der Waals surface area contributed by atoms with Crippen molar-refractivity contribution in [2.45, 2.75) is 39.3 Å². The van der Waals surface area contributed by atoms with E-state index in [1.165, 1.54) is 0 Å². The molecule has 0 saturated carbocycles. The Balaban J connectivity index is 1.70. The fourth-order valence-electron chi connectivity index (χ4n) is 4.00. The van der Waals surface area contributed by atoms with Crippen molar-refractivity contribution in [2.75, 3.05) is 21.0 Å². The second-order valence-corrected chi connectivity index (χ2v) is 8.08.